The first-order chi connectivity index (χ1) is 9.06. The van der Waals surface area contributed by atoms with Crippen molar-refractivity contribution in [2.45, 2.75) is 18.9 Å². The standard InChI is InChI=1S/C12H18N4O3/c13-12(19)14-9-3-5-15(6-4-9)7-8-16-10(17)1-2-11(16)18/h1-2,9H,3-8H2,(H3,13,14,19). The Labute approximate surface area is 111 Å². The second kappa shape index (κ2) is 5.83. The van der Waals surface area contributed by atoms with Crippen molar-refractivity contribution in [1.82, 2.24) is 15.1 Å². The minimum absolute atomic E-state index is 0.130. The van der Waals surface area contributed by atoms with Crippen molar-refractivity contribution in [2.75, 3.05) is 26.2 Å². The molecule has 0 aromatic rings. The van der Waals surface area contributed by atoms with E-state index in [1.54, 1.807) is 0 Å². The van der Waals surface area contributed by atoms with Crippen molar-refractivity contribution in [3.05, 3.63) is 12.2 Å². The van der Waals surface area contributed by atoms with Gasteiger partial charge in [-0.25, -0.2) is 4.79 Å². The molecule has 4 amide bonds. The van der Waals surface area contributed by atoms with Gasteiger partial charge in [0.1, 0.15) is 0 Å². The summed E-state index contributed by atoms with van der Waals surface area (Å²) in [5.74, 6) is -0.481. The highest BCUT2D eigenvalue weighted by molar-refractivity contribution is 6.12. The lowest BCUT2D eigenvalue weighted by Gasteiger charge is -2.32. The highest BCUT2D eigenvalue weighted by Crippen LogP contribution is 2.11. The summed E-state index contributed by atoms with van der Waals surface area (Å²) < 4.78 is 0. The molecule has 1 fully saturated rings. The fourth-order valence-corrected chi connectivity index (χ4v) is 2.40. The third kappa shape index (κ3) is 3.54. The third-order valence-electron chi connectivity index (χ3n) is 3.47. The van der Waals surface area contributed by atoms with Crippen LogP contribution in [0.25, 0.3) is 0 Å². The first-order valence-electron chi connectivity index (χ1n) is 6.38. The van der Waals surface area contributed by atoms with Crippen LogP contribution in [0.4, 0.5) is 4.79 Å². The number of amides is 4. The third-order valence-corrected chi connectivity index (χ3v) is 3.47. The lowest BCUT2D eigenvalue weighted by Crippen LogP contribution is -2.48. The number of likely N-dealkylation sites (tertiary alicyclic amines) is 1. The molecule has 0 spiro atoms. The van der Waals surface area contributed by atoms with Crippen LogP contribution in [0.15, 0.2) is 12.2 Å². The van der Waals surface area contributed by atoms with E-state index < -0.39 is 6.03 Å². The number of nitrogens with one attached hydrogen (secondary N) is 1. The zero-order chi connectivity index (χ0) is 13.8. The molecular formula is C12H18N4O3. The maximum Gasteiger partial charge on any atom is 0.312 e. The molecule has 0 aromatic carbocycles. The number of carbonyl (C=O) groups excluding carboxylic acids is 3. The fourth-order valence-electron chi connectivity index (χ4n) is 2.40. The first kappa shape index (κ1) is 13.5. The van der Waals surface area contributed by atoms with Crippen molar-refractivity contribution >= 4 is 17.8 Å². The Kier molecular flexibility index (Phi) is 4.16. The van der Waals surface area contributed by atoms with Crippen LogP contribution < -0.4 is 11.1 Å². The number of nitrogens with two attached hydrogens (primary N) is 1. The van der Waals surface area contributed by atoms with Crippen molar-refractivity contribution < 1.29 is 14.4 Å². The van der Waals surface area contributed by atoms with Crippen LogP contribution in [-0.2, 0) is 9.59 Å². The molecule has 0 unspecified atom stereocenters. The van der Waals surface area contributed by atoms with Crippen molar-refractivity contribution in [2.24, 2.45) is 5.73 Å². The Balaban J connectivity index is 1.70. The van der Waals surface area contributed by atoms with E-state index in [4.69, 9.17) is 5.73 Å². The van der Waals surface area contributed by atoms with Crippen LogP contribution in [0.1, 0.15) is 12.8 Å². The van der Waals surface area contributed by atoms with E-state index in [2.05, 4.69) is 10.2 Å². The molecule has 2 rings (SSSR count). The van der Waals surface area contributed by atoms with Gasteiger partial charge in [0.15, 0.2) is 0 Å². The summed E-state index contributed by atoms with van der Waals surface area (Å²) in [4.78, 5) is 36.9. The van der Waals surface area contributed by atoms with E-state index in [0.717, 1.165) is 25.9 Å². The Morgan fingerprint density at radius 2 is 1.79 bits per heavy atom. The highest BCUT2D eigenvalue weighted by Gasteiger charge is 2.25. The van der Waals surface area contributed by atoms with Crippen LogP contribution in [0.3, 0.4) is 0 Å². The van der Waals surface area contributed by atoms with E-state index >= 15 is 0 Å². The molecule has 0 saturated carbocycles. The zero-order valence-electron chi connectivity index (χ0n) is 10.7. The molecule has 1 saturated heterocycles. The SMILES string of the molecule is NC(=O)NC1CCN(CCN2C(=O)C=CC2=O)CC1. The van der Waals surface area contributed by atoms with E-state index in [1.807, 2.05) is 0 Å². The molecule has 7 nitrogen and oxygen atoms in total. The number of carbonyl (C=O) groups is 3. The van der Waals surface area contributed by atoms with Gasteiger partial charge in [-0.1, -0.05) is 0 Å². The van der Waals surface area contributed by atoms with Gasteiger partial charge in [0.05, 0.1) is 0 Å². The summed E-state index contributed by atoms with van der Waals surface area (Å²) >= 11 is 0. The fraction of sp³-hybridized carbons (Fsp3) is 0.583. The number of piperidine rings is 1. The summed E-state index contributed by atoms with van der Waals surface area (Å²) in [6.07, 6.45) is 4.27. The van der Waals surface area contributed by atoms with Crippen LogP contribution >= 0.6 is 0 Å². The molecule has 3 N–H and O–H groups in total. The summed E-state index contributed by atoms with van der Waals surface area (Å²) in [5, 5.41) is 2.70. The Hall–Kier alpha value is -1.89. The molecule has 104 valence electrons. The topological polar surface area (TPSA) is 95.7 Å². The smallest absolute Gasteiger partial charge is 0.312 e. The number of hydrogen-bond acceptors (Lipinski definition) is 4. The average Bonchev–Trinajstić information content (AvgIpc) is 2.68. The van der Waals surface area contributed by atoms with Gasteiger partial charge < -0.3 is 16.0 Å². The number of nitrogens with zero attached hydrogens (tertiary/aromatic N) is 2. The minimum Gasteiger partial charge on any atom is -0.352 e. The zero-order valence-corrected chi connectivity index (χ0v) is 10.7. The van der Waals surface area contributed by atoms with Crippen LogP contribution in [0.5, 0.6) is 0 Å². The molecular weight excluding hydrogens is 248 g/mol. The number of primary amides is 1. The van der Waals surface area contributed by atoms with Gasteiger partial charge in [-0.2, -0.15) is 0 Å². The molecule has 0 bridgehead atoms. The lowest BCUT2D eigenvalue weighted by atomic mass is 10.1. The van der Waals surface area contributed by atoms with E-state index in [0.29, 0.717) is 13.1 Å². The van der Waals surface area contributed by atoms with Crippen LogP contribution in [-0.4, -0.2) is 59.9 Å². The first-order valence-corrected chi connectivity index (χ1v) is 6.38. The van der Waals surface area contributed by atoms with Gasteiger partial charge in [0.25, 0.3) is 11.8 Å². The van der Waals surface area contributed by atoms with E-state index in [1.165, 1.54) is 17.1 Å². The Bertz CT molecular complexity index is 395. The quantitative estimate of drug-likeness (QED) is 0.641. The van der Waals surface area contributed by atoms with Gasteiger partial charge in [-0.05, 0) is 12.8 Å². The van der Waals surface area contributed by atoms with Crippen molar-refractivity contribution in [1.29, 1.82) is 0 Å². The molecule has 2 aliphatic rings. The van der Waals surface area contributed by atoms with E-state index in [-0.39, 0.29) is 17.9 Å². The summed E-state index contributed by atoms with van der Waals surface area (Å²) in [7, 11) is 0. The average molecular weight is 266 g/mol. The van der Waals surface area contributed by atoms with Gasteiger partial charge in [0.2, 0.25) is 0 Å². The number of imide groups is 1. The lowest BCUT2D eigenvalue weighted by molar-refractivity contribution is -0.137. The van der Waals surface area contributed by atoms with Gasteiger partial charge in [0, 0.05) is 44.4 Å². The molecule has 2 heterocycles. The van der Waals surface area contributed by atoms with Gasteiger partial charge >= 0.3 is 6.03 Å². The molecule has 0 aliphatic carbocycles. The maximum atomic E-state index is 11.4. The van der Waals surface area contributed by atoms with E-state index in [9.17, 15) is 14.4 Å². The molecule has 19 heavy (non-hydrogen) atoms. The second-order valence-corrected chi connectivity index (χ2v) is 4.79. The molecule has 0 atom stereocenters. The number of urea groups is 1. The Morgan fingerprint density at radius 3 is 2.32 bits per heavy atom. The van der Waals surface area contributed by atoms with Crippen molar-refractivity contribution in [3.63, 3.8) is 0 Å². The normalized spacial score (nSPS) is 21.2. The van der Waals surface area contributed by atoms with Crippen LogP contribution in [0.2, 0.25) is 0 Å². The largest absolute Gasteiger partial charge is 0.352 e. The molecule has 0 aromatic heterocycles. The molecule has 0 radical (unpaired) electrons. The summed E-state index contributed by atoms with van der Waals surface area (Å²) in [6.45, 7) is 2.74. The van der Waals surface area contributed by atoms with Gasteiger partial charge in [-0.15, -0.1) is 0 Å². The van der Waals surface area contributed by atoms with Crippen molar-refractivity contribution in [3.8, 4) is 0 Å². The molecule has 2 aliphatic heterocycles. The second-order valence-electron chi connectivity index (χ2n) is 4.79. The number of rotatable bonds is 4. The molecule has 7 heteroatoms. The van der Waals surface area contributed by atoms with Crippen LogP contribution in [0, 0.1) is 0 Å². The predicted molar refractivity (Wildman–Crippen MR) is 68.0 cm³/mol. The monoisotopic (exact) mass is 266 g/mol. The highest BCUT2D eigenvalue weighted by atomic mass is 16.2. The van der Waals surface area contributed by atoms with Gasteiger partial charge in [-0.3, -0.25) is 14.5 Å². The summed E-state index contributed by atoms with van der Waals surface area (Å²) in [5.41, 5.74) is 5.08. The minimum atomic E-state index is -0.488. The Morgan fingerprint density at radius 1 is 1.21 bits per heavy atom. The predicted octanol–water partition coefficient (Wildman–Crippen LogP) is -0.956. The summed E-state index contributed by atoms with van der Waals surface area (Å²) in [6, 6.07) is -0.358. The maximum absolute atomic E-state index is 11.4. The number of hydrogen-bond donors (Lipinski definition) is 2.